The van der Waals surface area contributed by atoms with Crippen molar-refractivity contribution in [1.29, 1.82) is 0 Å². The van der Waals surface area contributed by atoms with E-state index >= 15 is 0 Å². The summed E-state index contributed by atoms with van der Waals surface area (Å²) in [7, 11) is 0. The van der Waals surface area contributed by atoms with Crippen molar-refractivity contribution < 1.29 is 14.7 Å². The molecule has 0 bridgehead atoms. The van der Waals surface area contributed by atoms with Gasteiger partial charge in [0.2, 0.25) is 5.91 Å². The second-order valence-corrected chi connectivity index (χ2v) is 6.46. The summed E-state index contributed by atoms with van der Waals surface area (Å²) in [6.07, 6.45) is 7.15. The maximum Gasteiger partial charge on any atom is 0.336 e. The van der Waals surface area contributed by atoms with Gasteiger partial charge in [-0.1, -0.05) is 43.5 Å². The summed E-state index contributed by atoms with van der Waals surface area (Å²) in [5, 5.41) is 12.3. The van der Waals surface area contributed by atoms with Crippen LogP contribution in [-0.4, -0.2) is 22.0 Å². The van der Waals surface area contributed by atoms with E-state index in [4.69, 9.17) is 0 Å². The molecular formula is C20H22N2O3. The highest BCUT2D eigenvalue weighted by Crippen LogP contribution is 2.24. The number of carboxylic acids is 1. The van der Waals surface area contributed by atoms with Crippen LogP contribution in [0.3, 0.4) is 0 Å². The molecule has 0 atom stereocenters. The third-order valence-electron chi connectivity index (χ3n) is 4.70. The summed E-state index contributed by atoms with van der Waals surface area (Å²) in [6, 6.07) is 10.5. The summed E-state index contributed by atoms with van der Waals surface area (Å²) < 4.78 is 0. The van der Waals surface area contributed by atoms with E-state index in [0.29, 0.717) is 17.8 Å². The largest absolute Gasteiger partial charge is 0.478 e. The highest BCUT2D eigenvalue weighted by Gasteiger charge is 2.20. The number of pyridine rings is 1. The lowest BCUT2D eigenvalue weighted by Gasteiger charge is -2.20. The lowest BCUT2D eigenvalue weighted by Crippen LogP contribution is -2.31. The first kappa shape index (κ1) is 17.1. The number of aromatic nitrogens is 1. The Morgan fingerprint density at radius 1 is 1.08 bits per heavy atom. The SMILES string of the molecule is O=C(O)c1ccccc1-c1ccc(CNC(=O)C2CCCCC2)cn1. The molecule has 1 aliphatic rings. The number of aromatic carboxylic acids is 1. The first-order chi connectivity index (χ1) is 12.1. The summed E-state index contributed by atoms with van der Waals surface area (Å²) in [4.78, 5) is 27.9. The van der Waals surface area contributed by atoms with Crippen molar-refractivity contribution in [3.63, 3.8) is 0 Å². The van der Waals surface area contributed by atoms with Gasteiger partial charge in [-0.25, -0.2) is 4.79 Å². The number of benzene rings is 1. The Morgan fingerprint density at radius 2 is 1.84 bits per heavy atom. The lowest BCUT2D eigenvalue weighted by atomic mass is 9.88. The van der Waals surface area contributed by atoms with Crippen molar-refractivity contribution >= 4 is 11.9 Å². The molecule has 25 heavy (non-hydrogen) atoms. The van der Waals surface area contributed by atoms with E-state index in [2.05, 4.69) is 10.3 Å². The van der Waals surface area contributed by atoms with Crippen molar-refractivity contribution in [1.82, 2.24) is 10.3 Å². The van der Waals surface area contributed by atoms with E-state index in [1.54, 1.807) is 36.5 Å². The van der Waals surface area contributed by atoms with E-state index in [0.717, 1.165) is 31.2 Å². The Morgan fingerprint density at radius 3 is 2.52 bits per heavy atom. The van der Waals surface area contributed by atoms with E-state index in [9.17, 15) is 14.7 Å². The molecule has 5 nitrogen and oxygen atoms in total. The molecule has 1 saturated carbocycles. The van der Waals surface area contributed by atoms with Crippen LogP contribution in [0.15, 0.2) is 42.6 Å². The number of carbonyl (C=O) groups excluding carboxylic acids is 1. The van der Waals surface area contributed by atoms with Gasteiger partial charge in [-0.05, 0) is 30.5 Å². The average Bonchev–Trinajstić information content (AvgIpc) is 2.67. The van der Waals surface area contributed by atoms with Crippen molar-refractivity contribution in [2.24, 2.45) is 5.92 Å². The standard InChI is InChI=1S/C20H22N2O3/c23-19(15-6-2-1-3-7-15)22-13-14-10-11-18(21-12-14)16-8-4-5-9-17(16)20(24)25/h4-5,8-12,15H,1-3,6-7,13H2,(H,22,23)(H,24,25). The molecule has 130 valence electrons. The number of hydrogen-bond donors (Lipinski definition) is 2. The van der Waals surface area contributed by atoms with Crippen LogP contribution in [0.2, 0.25) is 0 Å². The molecule has 5 heteroatoms. The lowest BCUT2D eigenvalue weighted by molar-refractivity contribution is -0.126. The number of nitrogens with zero attached hydrogens (tertiary/aromatic N) is 1. The molecule has 0 aliphatic heterocycles. The van der Waals surface area contributed by atoms with Gasteiger partial charge in [0, 0.05) is 24.2 Å². The fraction of sp³-hybridized carbons (Fsp3) is 0.350. The van der Waals surface area contributed by atoms with E-state index in [1.165, 1.54) is 6.42 Å². The number of carboxylic acid groups (broad SMARTS) is 1. The Bertz CT molecular complexity index is 750. The number of amides is 1. The Balaban J connectivity index is 1.65. The fourth-order valence-electron chi connectivity index (χ4n) is 3.28. The van der Waals surface area contributed by atoms with E-state index in [1.807, 2.05) is 6.07 Å². The second kappa shape index (κ2) is 7.92. The monoisotopic (exact) mass is 338 g/mol. The maximum atomic E-state index is 12.2. The average molecular weight is 338 g/mol. The van der Waals surface area contributed by atoms with Gasteiger partial charge in [0.15, 0.2) is 0 Å². The molecule has 0 unspecified atom stereocenters. The van der Waals surface area contributed by atoms with Crippen molar-refractivity contribution in [2.45, 2.75) is 38.6 Å². The molecule has 1 aromatic carbocycles. The van der Waals surface area contributed by atoms with Gasteiger partial charge in [0.1, 0.15) is 0 Å². The molecule has 0 saturated heterocycles. The smallest absolute Gasteiger partial charge is 0.336 e. The first-order valence-electron chi connectivity index (χ1n) is 8.70. The van der Waals surface area contributed by atoms with Crippen molar-refractivity contribution in [3.05, 3.63) is 53.7 Å². The topological polar surface area (TPSA) is 79.3 Å². The number of hydrogen-bond acceptors (Lipinski definition) is 3. The summed E-state index contributed by atoms with van der Waals surface area (Å²) in [6.45, 7) is 0.448. The molecule has 1 aromatic heterocycles. The van der Waals surface area contributed by atoms with Gasteiger partial charge < -0.3 is 10.4 Å². The third kappa shape index (κ3) is 4.24. The zero-order chi connectivity index (χ0) is 17.6. The zero-order valence-corrected chi connectivity index (χ0v) is 14.1. The zero-order valence-electron chi connectivity index (χ0n) is 14.1. The summed E-state index contributed by atoms with van der Waals surface area (Å²) >= 11 is 0. The van der Waals surface area contributed by atoms with Crippen LogP contribution in [0.1, 0.15) is 48.0 Å². The number of nitrogens with one attached hydrogen (secondary N) is 1. The maximum absolute atomic E-state index is 12.2. The Kier molecular flexibility index (Phi) is 5.43. The van der Waals surface area contributed by atoms with Crippen LogP contribution in [0, 0.1) is 5.92 Å². The molecule has 1 heterocycles. The van der Waals surface area contributed by atoms with Crippen molar-refractivity contribution in [3.8, 4) is 11.3 Å². The van der Waals surface area contributed by atoms with Gasteiger partial charge in [0.25, 0.3) is 0 Å². The van der Waals surface area contributed by atoms with Crippen LogP contribution >= 0.6 is 0 Å². The molecule has 1 aliphatic carbocycles. The molecule has 1 fully saturated rings. The number of rotatable bonds is 5. The first-order valence-corrected chi connectivity index (χ1v) is 8.70. The van der Waals surface area contributed by atoms with Crippen LogP contribution < -0.4 is 5.32 Å². The van der Waals surface area contributed by atoms with Crippen LogP contribution in [0.4, 0.5) is 0 Å². The van der Waals surface area contributed by atoms with Crippen LogP contribution in [0.5, 0.6) is 0 Å². The van der Waals surface area contributed by atoms with Gasteiger partial charge >= 0.3 is 5.97 Å². The minimum absolute atomic E-state index is 0.125. The fourth-order valence-corrected chi connectivity index (χ4v) is 3.28. The molecule has 2 aromatic rings. The molecule has 1 amide bonds. The number of carbonyl (C=O) groups is 2. The quantitative estimate of drug-likeness (QED) is 0.872. The minimum Gasteiger partial charge on any atom is -0.478 e. The summed E-state index contributed by atoms with van der Waals surface area (Å²) in [5.74, 6) is -0.704. The van der Waals surface area contributed by atoms with Crippen LogP contribution in [-0.2, 0) is 11.3 Å². The predicted molar refractivity (Wildman–Crippen MR) is 95.1 cm³/mol. The molecule has 2 N–H and O–H groups in total. The van der Waals surface area contributed by atoms with Gasteiger partial charge in [-0.3, -0.25) is 9.78 Å². The third-order valence-corrected chi connectivity index (χ3v) is 4.70. The minimum atomic E-state index is -0.971. The molecule has 0 radical (unpaired) electrons. The Labute approximate surface area is 147 Å². The highest BCUT2D eigenvalue weighted by atomic mass is 16.4. The predicted octanol–water partition coefficient (Wildman–Crippen LogP) is 3.64. The van der Waals surface area contributed by atoms with E-state index < -0.39 is 5.97 Å². The van der Waals surface area contributed by atoms with Gasteiger partial charge in [0.05, 0.1) is 11.3 Å². The molecular weight excluding hydrogens is 316 g/mol. The second-order valence-electron chi connectivity index (χ2n) is 6.46. The van der Waals surface area contributed by atoms with Crippen molar-refractivity contribution in [2.75, 3.05) is 0 Å². The van der Waals surface area contributed by atoms with E-state index in [-0.39, 0.29) is 17.4 Å². The van der Waals surface area contributed by atoms with Gasteiger partial charge in [-0.15, -0.1) is 0 Å². The summed E-state index contributed by atoms with van der Waals surface area (Å²) in [5.41, 5.74) is 2.34. The highest BCUT2D eigenvalue weighted by molar-refractivity contribution is 5.95. The van der Waals surface area contributed by atoms with Gasteiger partial charge in [-0.2, -0.15) is 0 Å². The normalized spacial score (nSPS) is 14.9. The Hall–Kier alpha value is -2.69. The molecule has 0 spiro atoms. The molecule has 3 rings (SSSR count). The van der Waals surface area contributed by atoms with Crippen LogP contribution in [0.25, 0.3) is 11.3 Å².